The Morgan fingerprint density at radius 2 is 1.49 bits per heavy atom. The van der Waals surface area contributed by atoms with Crippen molar-refractivity contribution < 1.29 is 18.0 Å². The van der Waals surface area contributed by atoms with Crippen molar-refractivity contribution in [1.82, 2.24) is 4.90 Å². The SMILES string of the molecule is Cc1ccc(S(=O)(=O)N(CC(=O)Nc2ccccc2C(=O)N2CCCCCC2)c2ccc(C(C)C)cc2)cc1. The first-order chi connectivity index (χ1) is 18.7. The lowest BCUT2D eigenvalue weighted by Gasteiger charge is -2.25. The molecule has 1 N–H and O–H groups in total. The summed E-state index contributed by atoms with van der Waals surface area (Å²) in [6.07, 6.45) is 4.13. The molecule has 0 unspecified atom stereocenters. The number of nitrogens with one attached hydrogen (secondary N) is 1. The Labute approximate surface area is 231 Å². The second-order valence-electron chi connectivity index (χ2n) is 10.4. The normalized spacial score (nSPS) is 14.1. The molecular formula is C31H37N3O4S. The van der Waals surface area contributed by atoms with Crippen molar-refractivity contribution >= 4 is 33.2 Å². The molecule has 39 heavy (non-hydrogen) atoms. The van der Waals surface area contributed by atoms with Gasteiger partial charge in [-0.3, -0.25) is 13.9 Å². The molecule has 0 aromatic heterocycles. The number of carbonyl (C=O) groups excluding carboxylic acids is 2. The Morgan fingerprint density at radius 3 is 2.10 bits per heavy atom. The van der Waals surface area contributed by atoms with E-state index in [2.05, 4.69) is 19.2 Å². The third-order valence-corrected chi connectivity index (χ3v) is 8.86. The zero-order valence-electron chi connectivity index (χ0n) is 22.9. The molecule has 1 heterocycles. The standard InChI is InChI=1S/C31H37N3O4S/c1-23(2)25-14-16-26(17-15-25)34(39(37,38)27-18-12-24(3)13-19-27)22-30(35)32-29-11-7-6-10-28(29)31(36)33-20-8-4-5-9-21-33/h6-7,10-19,23H,4-5,8-9,20-22H2,1-3H3,(H,32,35). The molecule has 2 amide bonds. The van der Waals surface area contributed by atoms with Crippen molar-refractivity contribution in [2.75, 3.05) is 29.3 Å². The average Bonchev–Trinajstić information content (AvgIpc) is 3.22. The Bertz CT molecular complexity index is 1390. The number of sulfonamides is 1. The maximum Gasteiger partial charge on any atom is 0.264 e. The van der Waals surface area contributed by atoms with Crippen LogP contribution in [0.5, 0.6) is 0 Å². The molecule has 1 aliphatic heterocycles. The van der Waals surface area contributed by atoms with Gasteiger partial charge in [-0.05, 0) is 67.6 Å². The molecule has 8 heteroatoms. The minimum absolute atomic E-state index is 0.102. The number of benzene rings is 3. The summed E-state index contributed by atoms with van der Waals surface area (Å²) in [6, 6.07) is 20.7. The van der Waals surface area contributed by atoms with Gasteiger partial charge in [-0.1, -0.05) is 68.7 Å². The van der Waals surface area contributed by atoms with E-state index in [1.807, 2.05) is 24.0 Å². The summed E-state index contributed by atoms with van der Waals surface area (Å²) in [4.78, 5) is 28.6. The Balaban J connectivity index is 1.62. The number of rotatable bonds is 8. The van der Waals surface area contributed by atoms with Gasteiger partial charge in [-0.15, -0.1) is 0 Å². The fraction of sp³-hybridized carbons (Fsp3) is 0.355. The van der Waals surface area contributed by atoms with E-state index in [1.165, 1.54) is 0 Å². The third kappa shape index (κ3) is 6.87. The number of nitrogens with zero attached hydrogens (tertiary/aromatic N) is 2. The lowest BCUT2D eigenvalue weighted by atomic mass is 10.0. The largest absolute Gasteiger partial charge is 0.339 e. The molecule has 7 nitrogen and oxygen atoms in total. The summed E-state index contributed by atoms with van der Waals surface area (Å²) < 4.78 is 28.6. The van der Waals surface area contributed by atoms with Crippen LogP contribution in [0.3, 0.4) is 0 Å². The molecule has 0 bridgehead atoms. The first kappa shape index (κ1) is 28.4. The molecule has 1 saturated heterocycles. The number of likely N-dealkylation sites (tertiary alicyclic amines) is 1. The first-order valence-corrected chi connectivity index (χ1v) is 15.0. The van der Waals surface area contributed by atoms with Gasteiger partial charge in [0.25, 0.3) is 15.9 Å². The minimum atomic E-state index is -4.04. The molecule has 4 rings (SSSR count). The fourth-order valence-electron chi connectivity index (χ4n) is 4.72. The topological polar surface area (TPSA) is 86.8 Å². The van der Waals surface area contributed by atoms with Crippen molar-refractivity contribution in [2.24, 2.45) is 0 Å². The Kier molecular flexibility index (Phi) is 9.07. The quantitative estimate of drug-likeness (QED) is 0.377. The summed E-state index contributed by atoms with van der Waals surface area (Å²) in [5, 5.41) is 2.82. The number of hydrogen-bond acceptors (Lipinski definition) is 4. The zero-order chi connectivity index (χ0) is 28.0. The third-order valence-electron chi connectivity index (χ3n) is 7.07. The van der Waals surface area contributed by atoms with Crippen LogP contribution in [0, 0.1) is 6.92 Å². The van der Waals surface area contributed by atoms with Crippen LogP contribution in [0.1, 0.15) is 66.9 Å². The lowest BCUT2D eigenvalue weighted by molar-refractivity contribution is -0.114. The van der Waals surface area contributed by atoms with Crippen molar-refractivity contribution in [3.63, 3.8) is 0 Å². The van der Waals surface area contributed by atoms with Crippen LogP contribution >= 0.6 is 0 Å². The molecule has 206 valence electrons. The van der Waals surface area contributed by atoms with Gasteiger partial charge in [0.05, 0.1) is 21.8 Å². The monoisotopic (exact) mass is 547 g/mol. The fourth-order valence-corrected chi connectivity index (χ4v) is 6.14. The van der Waals surface area contributed by atoms with Gasteiger partial charge in [0, 0.05) is 13.1 Å². The van der Waals surface area contributed by atoms with Gasteiger partial charge in [-0.2, -0.15) is 0 Å². The highest BCUT2D eigenvalue weighted by atomic mass is 32.2. The molecule has 0 saturated carbocycles. The van der Waals surface area contributed by atoms with Crippen molar-refractivity contribution in [2.45, 2.75) is 57.3 Å². The number of carbonyl (C=O) groups is 2. The van der Waals surface area contributed by atoms with Gasteiger partial charge in [-0.25, -0.2) is 8.42 Å². The number of anilines is 2. The van der Waals surface area contributed by atoms with E-state index in [0.717, 1.165) is 41.1 Å². The molecule has 0 radical (unpaired) electrons. The van der Waals surface area contributed by atoms with Crippen molar-refractivity contribution in [1.29, 1.82) is 0 Å². The molecule has 1 aliphatic rings. The summed E-state index contributed by atoms with van der Waals surface area (Å²) in [5.74, 6) is -0.376. The van der Waals surface area contributed by atoms with E-state index in [9.17, 15) is 18.0 Å². The lowest BCUT2D eigenvalue weighted by Crippen LogP contribution is -2.38. The highest BCUT2D eigenvalue weighted by Gasteiger charge is 2.28. The predicted molar refractivity (Wildman–Crippen MR) is 156 cm³/mol. The highest BCUT2D eigenvalue weighted by Crippen LogP contribution is 2.27. The van der Waals surface area contributed by atoms with Crippen molar-refractivity contribution in [3.8, 4) is 0 Å². The molecule has 0 aliphatic carbocycles. The molecule has 0 atom stereocenters. The van der Waals surface area contributed by atoms with Gasteiger partial charge in [0.15, 0.2) is 0 Å². The maximum atomic E-state index is 13.8. The number of aryl methyl sites for hydroxylation is 1. The number of para-hydroxylation sites is 1. The second-order valence-corrected chi connectivity index (χ2v) is 12.2. The van der Waals surface area contributed by atoms with Gasteiger partial charge >= 0.3 is 0 Å². The Morgan fingerprint density at radius 1 is 0.872 bits per heavy atom. The van der Waals surface area contributed by atoms with Gasteiger partial charge < -0.3 is 10.2 Å². The van der Waals surface area contributed by atoms with Gasteiger partial charge in [0.1, 0.15) is 6.54 Å². The van der Waals surface area contributed by atoms with Crippen LogP contribution in [0.25, 0.3) is 0 Å². The summed E-state index contributed by atoms with van der Waals surface area (Å²) >= 11 is 0. The van der Waals surface area contributed by atoms with Crippen LogP contribution in [0.2, 0.25) is 0 Å². The predicted octanol–water partition coefficient (Wildman–Crippen LogP) is 5.97. The van der Waals surface area contributed by atoms with Crippen molar-refractivity contribution in [3.05, 3.63) is 89.5 Å². The van der Waals surface area contributed by atoms with Crippen LogP contribution < -0.4 is 9.62 Å². The average molecular weight is 548 g/mol. The molecule has 3 aromatic rings. The summed E-state index contributed by atoms with van der Waals surface area (Å²) in [6.45, 7) is 6.95. The second kappa shape index (κ2) is 12.5. The minimum Gasteiger partial charge on any atom is -0.339 e. The van der Waals surface area contributed by atoms with E-state index in [-0.39, 0.29) is 16.7 Å². The van der Waals surface area contributed by atoms with Crippen LogP contribution in [0.4, 0.5) is 11.4 Å². The zero-order valence-corrected chi connectivity index (χ0v) is 23.7. The number of amides is 2. The smallest absolute Gasteiger partial charge is 0.264 e. The maximum absolute atomic E-state index is 13.8. The van der Waals surface area contributed by atoms with E-state index in [0.29, 0.717) is 30.0 Å². The van der Waals surface area contributed by atoms with E-state index in [4.69, 9.17) is 0 Å². The molecular weight excluding hydrogens is 510 g/mol. The molecule has 3 aromatic carbocycles. The first-order valence-electron chi connectivity index (χ1n) is 13.5. The summed E-state index contributed by atoms with van der Waals surface area (Å²) in [5.41, 5.74) is 3.17. The van der Waals surface area contributed by atoms with Crippen LogP contribution in [-0.4, -0.2) is 44.8 Å². The summed E-state index contributed by atoms with van der Waals surface area (Å²) in [7, 11) is -4.04. The molecule has 0 spiro atoms. The van der Waals surface area contributed by atoms with E-state index >= 15 is 0 Å². The van der Waals surface area contributed by atoms with Crippen LogP contribution in [-0.2, 0) is 14.8 Å². The highest BCUT2D eigenvalue weighted by molar-refractivity contribution is 7.92. The van der Waals surface area contributed by atoms with Gasteiger partial charge in [0.2, 0.25) is 5.91 Å². The van der Waals surface area contributed by atoms with E-state index < -0.39 is 22.5 Å². The van der Waals surface area contributed by atoms with Crippen LogP contribution in [0.15, 0.2) is 77.7 Å². The Hall–Kier alpha value is -3.65. The molecule has 1 fully saturated rings. The number of hydrogen-bond donors (Lipinski definition) is 1. The van der Waals surface area contributed by atoms with E-state index in [1.54, 1.807) is 60.7 Å².